The molecule has 0 spiro atoms. The number of rotatable bonds is 2. The summed E-state index contributed by atoms with van der Waals surface area (Å²) in [6, 6.07) is 0. The fourth-order valence-corrected chi connectivity index (χ4v) is 4.77. The Morgan fingerprint density at radius 1 is 1.05 bits per heavy atom. The highest BCUT2D eigenvalue weighted by molar-refractivity contribution is 5.67. The number of hydrogen-bond acceptors (Lipinski definition) is 0. The van der Waals surface area contributed by atoms with Crippen LogP contribution in [0, 0.1) is 5.41 Å². The summed E-state index contributed by atoms with van der Waals surface area (Å²) < 4.78 is 0. The van der Waals surface area contributed by atoms with Gasteiger partial charge in [0.1, 0.15) is 0 Å². The van der Waals surface area contributed by atoms with E-state index in [1.165, 1.54) is 37.7 Å². The van der Waals surface area contributed by atoms with Gasteiger partial charge in [0, 0.05) is 5.41 Å². The molecular weight excluding hydrogens is 264 g/mol. The summed E-state index contributed by atoms with van der Waals surface area (Å²) in [6.45, 7) is 7.13. The van der Waals surface area contributed by atoms with E-state index in [1.807, 2.05) is 0 Å². The zero-order chi connectivity index (χ0) is 15.3. The molecule has 0 aliphatic heterocycles. The number of fused-ring (bicyclic) bond motifs is 1. The van der Waals surface area contributed by atoms with Crippen molar-refractivity contribution in [1.29, 1.82) is 0 Å². The molecule has 0 aromatic carbocycles. The molecule has 0 saturated carbocycles. The van der Waals surface area contributed by atoms with Crippen LogP contribution in [0.15, 0.2) is 69.4 Å². The van der Waals surface area contributed by atoms with Gasteiger partial charge in [0.15, 0.2) is 0 Å². The second-order valence-corrected chi connectivity index (χ2v) is 7.75. The van der Waals surface area contributed by atoms with E-state index < -0.39 is 0 Å². The maximum absolute atomic E-state index is 2.54. The summed E-state index contributed by atoms with van der Waals surface area (Å²) in [5.74, 6) is 0. The van der Waals surface area contributed by atoms with Crippen molar-refractivity contribution < 1.29 is 0 Å². The molecule has 0 amide bonds. The summed E-state index contributed by atoms with van der Waals surface area (Å²) in [4.78, 5) is 0. The molecule has 4 aliphatic rings. The summed E-state index contributed by atoms with van der Waals surface area (Å²) in [5.41, 5.74) is 11.3. The van der Waals surface area contributed by atoms with Crippen molar-refractivity contribution in [2.45, 2.75) is 59.3 Å². The van der Waals surface area contributed by atoms with Crippen molar-refractivity contribution >= 4 is 0 Å². The molecule has 0 saturated heterocycles. The van der Waals surface area contributed by atoms with E-state index in [0.29, 0.717) is 0 Å². The first-order chi connectivity index (χ1) is 10.6. The van der Waals surface area contributed by atoms with Crippen LogP contribution in [0.3, 0.4) is 0 Å². The predicted molar refractivity (Wildman–Crippen MR) is 94.6 cm³/mol. The second-order valence-electron chi connectivity index (χ2n) is 7.75. The highest BCUT2D eigenvalue weighted by Crippen LogP contribution is 2.52. The average molecular weight is 290 g/mol. The molecule has 0 bridgehead atoms. The largest absolute Gasteiger partial charge is 0.0804 e. The summed E-state index contributed by atoms with van der Waals surface area (Å²) in [7, 11) is 0. The van der Waals surface area contributed by atoms with Gasteiger partial charge in [-0.05, 0) is 73.3 Å². The van der Waals surface area contributed by atoms with Crippen LogP contribution in [-0.2, 0) is 0 Å². The van der Waals surface area contributed by atoms with E-state index in [1.54, 1.807) is 33.4 Å². The number of hydrogen-bond donors (Lipinski definition) is 0. The van der Waals surface area contributed by atoms with Gasteiger partial charge in [0.25, 0.3) is 0 Å². The fourth-order valence-electron chi connectivity index (χ4n) is 4.77. The Balaban J connectivity index is 1.76. The minimum absolute atomic E-state index is 0.143. The Bertz CT molecular complexity index is 711. The molecule has 0 aromatic rings. The summed E-state index contributed by atoms with van der Waals surface area (Å²) in [6.07, 6.45) is 19.5. The third kappa shape index (κ3) is 2.04. The van der Waals surface area contributed by atoms with Gasteiger partial charge in [-0.3, -0.25) is 0 Å². The molecule has 0 heterocycles. The first kappa shape index (κ1) is 14.1. The van der Waals surface area contributed by atoms with Crippen molar-refractivity contribution in [3.63, 3.8) is 0 Å². The van der Waals surface area contributed by atoms with Gasteiger partial charge >= 0.3 is 0 Å². The van der Waals surface area contributed by atoms with E-state index in [4.69, 9.17) is 0 Å². The van der Waals surface area contributed by atoms with E-state index in [0.717, 1.165) is 6.42 Å². The van der Waals surface area contributed by atoms with Crippen LogP contribution in [0.5, 0.6) is 0 Å². The molecule has 0 aromatic heterocycles. The van der Waals surface area contributed by atoms with Crippen LogP contribution in [0.1, 0.15) is 59.3 Å². The summed E-state index contributed by atoms with van der Waals surface area (Å²) in [5, 5.41) is 0. The first-order valence-electron chi connectivity index (χ1n) is 8.79. The molecule has 4 aliphatic carbocycles. The molecule has 0 nitrogen and oxygen atoms in total. The van der Waals surface area contributed by atoms with Crippen molar-refractivity contribution in [2.24, 2.45) is 5.41 Å². The molecule has 22 heavy (non-hydrogen) atoms. The topological polar surface area (TPSA) is 0 Å². The SMILES string of the molecule is CC1=C(C(C)(C)C2=CC=CC2)C2=CC3=C(CCCC3)CC2=C1. The molecule has 0 N–H and O–H groups in total. The maximum Gasteiger partial charge on any atom is 0.0120 e. The van der Waals surface area contributed by atoms with Crippen LogP contribution < -0.4 is 0 Å². The van der Waals surface area contributed by atoms with Crippen molar-refractivity contribution in [2.75, 3.05) is 0 Å². The standard InChI is InChI=1S/C22H26/c1-15-12-18-13-16-8-4-5-9-17(16)14-20(18)21(15)22(2,3)19-10-6-7-11-19/h6-7,10,12,14H,4-5,8-9,11,13H2,1-3H3. The minimum atomic E-state index is 0.143. The lowest BCUT2D eigenvalue weighted by atomic mass is 9.70. The second kappa shape index (κ2) is 4.98. The average Bonchev–Trinajstić information content (AvgIpc) is 3.12. The molecule has 0 unspecified atom stereocenters. The Morgan fingerprint density at radius 2 is 1.86 bits per heavy atom. The van der Waals surface area contributed by atoms with Gasteiger partial charge in [-0.2, -0.15) is 0 Å². The third-order valence-corrected chi connectivity index (χ3v) is 5.95. The minimum Gasteiger partial charge on any atom is -0.0804 e. The van der Waals surface area contributed by atoms with Crippen LogP contribution in [0.4, 0.5) is 0 Å². The summed E-state index contributed by atoms with van der Waals surface area (Å²) >= 11 is 0. The lowest BCUT2D eigenvalue weighted by Gasteiger charge is -2.34. The third-order valence-electron chi connectivity index (χ3n) is 5.95. The first-order valence-corrected chi connectivity index (χ1v) is 8.79. The van der Waals surface area contributed by atoms with E-state index in [9.17, 15) is 0 Å². The zero-order valence-corrected chi connectivity index (χ0v) is 14.1. The quantitative estimate of drug-likeness (QED) is 0.555. The number of allylic oxidation sites excluding steroid dienone is 12. The van der Waals surface area contributed by atoms with Gasteiger partial charge in [0.2, 0.25) is 0 Å². The van der Waals surface area contributed by atoms with E-state index in [-0.39, 0.29) is 5.41 Å². The van der Waals surface area contributed by atoms with Gasteiger partial charge in [-0.25, -0.2) is 0 Å². The van der Waals surface area contributed by atoms with Crippen LogP contribution in [-0.4, -0.2) is 0 Å². The highest BCUT2D eigenvalue weighted by Gasteiger charge is 2.36. The van der Waals surface area contributed by atoms with Gasteiger partial charge in [-0.15, -0.1) is 0 Å². The Kier molecular flexibility index (Phi) is 3.18. The molecule has 0 radical (unpaired) electrons. The van der Waals surface area contributed by atoms with Crippen LogP contribution in [0.25, 0.3) is 0 Å². The Hall–Kier alpha value is -1.56. The van der Waals surface area contributed by atoms with E-state index in [2.05, 4.69) is 51.2 Å². The zero-order valence-electron chi connectivity index (χ0n) is 14.1. The van der Waals surface area contributed by atoms with Gasteiger partial charge < -0.3 is 0 Å². The lowest BCUT2D eigenvalue weighted by molar-refractivity contribution is 0.534. The van der Waals surface area contributed by atoms with Crippen molar-refractivity contribution in [1.82, 2.24) is 0 Å². The Morgan fingerprint density at radius 3 is 2.64 bits per heavy atom. The highest BCUT2D eigenvalue weighted by atomic mass is 14.4. The molecule has 114 valence electrons. The van der Waals surface area contributed by atoms with Crippen LogP contribution in [0.2, 0.25) is 0 Å². The predicted octanol–water partition coefficient (Wildman–Crippen LogP) is 6.36. The fraction of sp³-hybridized carbons (Fsp3) is 0.455. The van der Waals surface area contributed by atoms with E-state index >= 15 is 0 Å². The molecule has 4 rings (SSSR count). The van der Waals surface area contributed by atoms with Crippen molar-refractivity contribution in [3.05, 3.63) is 69.4 Å². The van der Waals surface area contributed by atoms with Gasteiger partial charge in [-0.1, -0.05) is 55.4 Å². The molecule has 0 heteroatoms. The molecule has 0 atom stereocenters. The van der Waals surface area contributed by atoms with Crippen molar-refractivity contribution in [3.8, 4) is 0 Å². The monoisotopic (exact) mass is 290 g/mol. The molecular formula is C22H26. The van der Waals surface area contributed by atoms with Gasteiger partial charge in [0.05, 0.1) is 0 Å². The molecule has 0 fully saturated rings. The van der Waals surface area contributed by atoms with Crippen LogP contribution >= 0.6 is 0 Å². The smallest absolute Gasteiger partial charge is 0.0120 e. The normalized spacial score (nSPS) is 24.2. The lowest BCUT2D eigenvalue weighted by Crippen LogP contribution is -2.20. The Labute approximate surface area is 134 Å². The maximum atomic E-state index is 2.54.